The van der Waals surface area contributed by atoms with Crippen molar-refractivity contribution in [2.45, 2.75) is 26.8 Å². The molecular weight excluding hydrogens is 262 g/mol. The molecule has 5 nitrogen and oxygen atoms in total. The topological polar surface area (TPSA) is 42.9 Å². The Balaban J connectivity index is 2.61. The van der Waals surface area contributed by atoms with E-state index in [4.69, 9.17) is 4.99 Å². The average Bonchev–Trinajstić information content (AvgIpc) is 2.46. The van der Waals surface area contributed by atoms with Gasteiger partial charge >= 0.3 is 0 Å². The van der Waals surface area contributed by atoms with Gasteiger partial charge < -0.3 is 15.5 Å². The minimum Gasteiger partial charge on any atom is -0.357 e. The van der Waals surface area contributed by atoms with Gasteiger partial charge in [-0.3, -0.25) is 9.89 Å². The third-order valence-electron chi connectivity index (χ3n) is 3.97. The van der Waals surface area contributed by atoms with Crippen molar-refractivity contribution in [1.82, 2.24) is 20.4 Å². The maximum absolute atomic E-state index is 4.76. The number of piperazine rings is 1. The summed E-state index contributed by atoms with van der Waals surface area (Å²) in [6, 6.07) is 0.512. The Hall–Kier alpha value is -1.07. The van der Waals surface area contributed by atoms with Crippen molar-refractivity contribution in [2.75, 3.05) is 52.9 Å². The van der Waals surface area contributed by atoms with Crippen molar-refractivity contribution in [3.63, 3.8) is 0 Å². The van der Waals surface area contributed by atoms with Gasteiger partial charge in [0.15, 0.2) is 5.96 Å². The van der Waals surface area contributed by atoms with Crippen molar-refractivity contribution < 1.29 is 0 Å². The van der Waals surface area contributed by atoms with Gasteiger partial charge in [-0.1, -0.05) is 19.9 Å². The molecule has 0 aliphatic carbocycles. The molecule has 1 unspecified atom stereocenters. The Labute approximate surface area is 130 Å². The fourth-order valence-electron chi connectivity index (χ4n) is 2.60. The van der Waals surface area contributed by atoms with Crippen LogP contribution in [0.15, 0.2) is 17.6 Å². The maximum atomic E-state index is 4.76. The van der Waals surface area contributed by atoms with Crippen LogP contribution in [0.1, 0.15) is 20.8 Å². The molecule has 0 aromatic rings. The number of likely N-dealkylation sites (N-methyl/N-ethyl adjacent to an activating group) is 1. The molecule has 0 aromatic heterocycles. The number of guanidine groups is 1. The van der Waals surface area contributed by atoms with Crippen molar-refractivity contribution >= 4 is 5.96 Å². The van der Waals surface area contributed by atoms with Crippen molar-refractivity contribution in [2.24, 2.45) is 10.9 Å². The predicted molar refractivity (Wildman–Crippen MR) is 91.9 cm³/mol. The van der Waals surface area contributed by atoms with Gasteiger partial charge in [-0.25, -0.2) is 0 Å². The van der Waals surface area contributed by atoms with E-state index in [0.717, 1.165) is 51.8 Å². The molecule has 0 radical (unpaired) electrons. The second-order valence-corrected chi connectivity index (χ2v) is 6.04. The van der Waals surface area contributed by atoms with E-state index < -0.39 is 0 Å². The normalized spacial score (nSPS) is 19.6. The van der Waals surface area contributed by atoms with Crippen LogP contribution in [0.4, 0.5) is 0 Å². The molecule has 2 N–H and O–H groups in total. The molecule has 122 valence electrons. The summed E-state index contributed by atoms with van der Waals surface area (Å²) < 4.78 is 0. The lowest BCUT2D eigenvalue weighted by Crippen LogP contribution is -2.52. The van der Waals surface area contributed by atoms with Crippen molar-refractivity contribution in [3.05, 3.63) is 12.7 Å². The molecule has 0 amide bonds. The first kappa shape index (κ1) is 18.0. The Morgan fingerprint density at radius 3 is 2.43 bits per heavy atom. The first-order chi connectivity index (χ1) is 10.1. The maximum Gasteiger partial charge on any atom is 0.191 e. The van der Waals surface area contributed by atoms with Gasteiger partial charge in [-0.2, -0.15) is 0 Å². The Morgan fingerprint density at radius 1 is 1.24 bits per heavy atom. The molecular formula is C16H33N5. The molecule has 0 saturated carbocycles. The van der Waals surface area contributed by atoms with E-state index >= 15 is 0 Å². The smallest absolute Gasteiger partial charge is 0.191 e. The van der Waals surface area contributed by atoms with Crippen LogP contribution in [-0.2, 0) is 0 Å². The summed E-state index contributed by atoms with van der Waals surface area (Å²) in [4.78, 5) is 9.74. The highest BCUT2D eigenvalue weighted by Gasteiger charge is 2.24. The fourth-order valence-corrected chi connectivity index (χ4v) is 2.60. The molecule has 1 fully saturated rings. The quantitative estimate of drug-likeness (QED) is 0.418. The predicted octanol–water partition coefficient (Wildman–Crippen LogP) is 1.000. The fraction of sp³-hybridized carbons (Fsp3) is 0.812. The molecule has 0 spiro atoms. The molecule has 21 heavy (non-hydrogen) atoms. The molecule has 5 heteroatoms. The first-order valence-electron chi connectivity index (χ1n) is 8.14. The minimum absolute atomic E-state index is 0.512. The summed E-state index contributed by atoms with van der Waals surface area (Å²) in [5, 5.41) is 6.55. The number of hydrogen-bond donors (Lipinski definition) is 2. The molecule has 0 bridgehead atoms. The summed E-state index contributed by atoms with van der Waals surface area (Å²) in [5.74, 6) is 1.50. The van der Waals surface area contributed by atoms with E-state index in [0.29, 0.717) is 12.0 Å². The summed E-state index contributed by atoms with van der Waals surface area (Å²) in [5.41, 5.74) is 0. The Bertz CT molecular complexity index is 319. The monoisotopic (exact) mass is 295 g/mol. The van der Waals surface area contributed by atoms with Gasteiger partial charge in [0.05, 0.1) is 6.54 Å². The molecule has 1 atom stereocenters. The second kappa shape index (κ2) is 9.79. The lowest BCUT2D eigenvalue weighted by Gasteiger charge is -2.39. The summed E-state index contributed by atoms with van der Waals surface area (Å²) in [7, 11) is 2.20. The highest BCUT2D eigenvalue weighted by molar-refractivity contribution is 5.79. The minimum atomic E-state index is 0.512. The Morgan fingerprint density at radius 2 is 1.90 bits per heavy atom. The highest BCUT2D eigenvalue weighted by Crippen LogP contribution is 2.13. The van der Waals surface area contributed by atoms with Gasteiger partial charge in [0, 0.05) is 45.3 Å². The number of nitrogens with one attached hydrogen (secondary N) is 2. The van der Waals surface area contributed by atoms with Crippen molar-refractivity contribution in [3.8, 4) is 0 Å². The van der Waals surface area contributed by atoms with E-state index in [1.807, 2.05) is 6.08 Å². The largest absolute Gasteiger partial charge is 0.357 e. The van der Waals surface area contributed by atoms with Gasteiger partial charge in [0.2, 0.25) is 0 Å². The van der Waals surface area contributed by atoms with Crippen LogP contribution in [0, 0.1) is 5.92 Å². The third-order valence-corrected chi connectivity index (χ3v) is 3.97. The van der Waals surface area contributed by atoms with Gasteiger partial charge in [-0.15, -0.1) is 6.58 Å². The standard InChI is InChI=1S/C16H33N5/c1-6-8-18-16(17-7-2)19-13-15(14(3)4)21-11-9-20(5)10-12-21/h6,14-15H,1,7-13H2,2-5H3,(H2,17,18,19). The molecule has 1 heterocycles. The first-order valence-corrected chi connectivity index (χ1v) is 8.14. The molecule has 1 rings (SSSR count). The lowest BCUT2D eigenvalue weighted by molar-refractivity contribution is 0.0925. The highest BCUT2D eigenvalue weighted by atomic mass is 15.3. The van der Waals surface area contributed by atoms with E-state index in [1.54, 1.807) is 0 Å². The summed E-state index contributed by atoms with van der Waals surface area (Å²) in [6.07, 6.45) is 1.85. The van der Waals surface area contributed by atoms with E-state index in [-0.39, 0.29) is 0 Å². The van der Waals surface area contributed by atoms with Gasteiger partial charge in [0.25, 0.3) is 0 Å². The summed E-state index contributed by atoms with van der Waals surface area (Å²) in [6.45, 7) is 17.5. The van der Waals surface area contributed by atoms with Crippen LogP contribution >= 0.6 is 0 Å². The number of rotatable bonds is 7. The zero-order valence-corrected chi connectivity index (χ0v) is 14.2. The van der Waals surface area contributed by atoms with Gasteiger partial charge in [0.1, 0.15) is 0 Å². The van der Waals surface area contributed by atoms with Crippen LogP contribution in [0.3, 0.4) is 0 Å². The Kier molecular flexibility index (Phi) is 8.38. The van der Waals surface area contributed by atoms with Crippen LogP contribution in [0.2, 0.25) is 0 Å². The van der Waals surface area contributed by atoms with Crippen LogP contribution in [0.5, 0.6) is 0 Å². The summed E-state index contributed by atoms with van der Waals surface area (Å²) >= 11 is 0. The third kappa shape index (κ3) is 6.48. The molecule has 1 aliphatic heterocycles. The van der Waals surface area contributed by atoms with E-state index in [1.165, 1.54) is 0 Å². The number of aliphatic imine (C=N–C) groups is 1. The molecule has 1 saturated heterocycles. The average molecular weight is 295 g/mol. The van der Waals surface area contributed by atoms with E-state index in [9.17, 15) is 0 Å². The zero-order chi connectivity index (χ0) is 15.7. The number of hydrogen-bond acceptors (Lipinski definition) is 3. The van der Waals surface area contributed by atoms with Gasteiger partial charge in [-0.05, 0) is 19.9 Å². The van der Waals surface area contributed by atoms with E-state index in [2.05, 4.69) is 54.8 Å². The lowest BCUT2D eigenvalue weighted by atomic mass is 10.0. The second-order valence-electron chi connectivity index (χ2n) is 6.04. The van der Waals surface area contributed by atoms with Crippen LogP contribution in [0.25, 0.3) is 0 Å². The van der Waals surface area contributed by atoms with Crippen LogP contribution in [-0.4, -0.2) is 74.7 Å². The molecule has 0 aromatic carbocycles. The SMILES string of the molecule is C=CCNC(=NCC(C(C)C)N1CCN(C)CC1)NCC. The number of nitrogens with zero attached hydrogens (tertiary/aromatic N) is 3. The zero-order valence-electron chi connectivity index (χ0n) is 14.2. The molecule has 1 aliphatic rings. The van der Waals surface area contributed by atoms with Crippen LogP contribution < -0.4 is 10.6 Å². The van der Waals surface area contributed by atoms with Crippen molar-refractivity contribution in [1.29, 1.82) is 0 Å².